The van der Waals surface area contributed by atoms with Crippen molar-refractivity contribution in [3.63, 3.8) is 0 Å². The highest BCUT2D eigenvalue weighted by Crippen LogP contribution is 2.41. The van der Waals surface area contributed by atoms with Crippen molar-refractivity contribution >= 4 is 23.2 Å². The number of hydrogen-bond donors (Lipinski definition) is 1. The number of carbonyl (C=O) groups is 1. The predicted octanol–water partition coefficient (Wildman–Crippen LogP) is 4.70. The number of anilines is 1. The van der Waals surface area contributed by atoms with E-state index in [1.54, 1.807) is 6.07 Å². The quantitative estimate of drug-likeness (QED) is 0.334. The second-order valence-corrected chi connectivity index (χ2v) is 12.8. The molecule has 1 amide bonds. The number of ether oxygens (including phenoxy) is 2. The standard InChI is InChI=1S/C33H40ClN5O3/c1-33(2,3)39-10-8-37(9-11-39)12-17-42-30-7-4-22(20-28(30)34)29-21-27(32(35)40)26-19-23-18-24(38-13-15-41-16-14-38)5-6-25(23)31(26)36-29/h4-7,18,20-21H,8-17,19H2,1-3H3,(H2,35,40). The van der Waals surface area contributed by atoms with Gasteiger partial charge in [-0.05, 0) is 68.3 Å². The molecule has 0 saturated carbocycles. The number of fused-ring (bicyclic) bond motifs is 3. The van der Waals surface area contributed by atoms with E-state index in [0.29, 0.717) is 35.1 Å². The first kappa shape index (κ1) is 28.9. The molecule has 2 aromatic carbocycles. The van der Waals surface area contributed by atoms with Crippen LogP contribution in [0, 0.1) is 0 Å². The summed E-state index contributed by atoms with van der Waals surface area (Å²) in [7, 11) is 0. The van der Waals surface area contributed by atoms with E-state index < -0.39 is 5.91 Å². The van der Waals surface area contributed by atoms with Crippen molar-refractivity contribution in [2.24, 2.45) is 5.73 Å². The van der Waals surface area contributed by atoms with Crippen LogP contribution in [0.3, 0.4) is 0 Å². The van der Waals surface area contributed by atoms with Crippen molar-refractivity contribution in [2.75, 3.05) is 70.5 Å². The third-order valence-electron chi connectivity index (χ3n) is 8.69. The van der Waals surface area contributed by atoms with Gasteiger partial charge in [0.15, 0.2) is 0 Å². The first-order valence-electron chi connectivity index (χ1n) is 14.9. The van der Waals surface area contributed by atoms with Crippen LogP contribution in [-0.4, -0.2) is 91.9 Å². The Morgan fingerprint density at radius 2 is 1.79 bits per heavy atom. The van der Waals surface area contributed by atoms with E-state index in [4.69, 9.17) is 31.8 Å². The number of carbonyl (C=O) groups excluding carboxylic acids is 1. The Morgan fingerprint density at radius 1 is 1.02 bits per heavy atom. The van der Waals surface area contributed by atoms with Crippen LogP contribution in [0.4, 0.5) is 5.69 Å². The van der Waals surface area contributed by atoms with Crippen LogP contribution < -0.4 is 15.4 Å². The maximum atomic E-state index is 12.6. The topological polar surface area (TPSA) is 84.2 Å². The number of primary amides is 1. The molecule has 222 valence electrons. The van der Waals surface area contributed by atoms with Gasteiger partial charge in [0.25, 0.3) is 0 Å². The Balaban J connectivity index is 1.17. The monoisotopic (exact) mass is 589 g/mol. The zero-order chi connectivity index (χ0) is 29.4. The number of nitrogens with zero attached hydrogens (tertiary/aromatic N) is 4. The molecule has 2 N–H and O–H groups in total. The number of amides is 1. The number of morpholine rings is 1. The second kappa shape index (κ2) is 11.8. The van der Waals surface area contributed by atoms with Crippen molar-refractivity contribution in [1.29, 1.82) is 0 Å². The maximum absolute atomic E-state index is 12.6. The van der Waals surface area contributed by atoms with E-state index in [0.717, 1.165) is 87.0 Å². The summed E-state index contributed by atoms with van der Waals surface area (Å²) >= 11 is 6.68. The molecule has 42 heavy (non-hydrogen) atoms. The lowest BCUT2D eigenvalue weighted by Crippen LogP contribution is -2.53. The number of benzene rings is 2. The fourth-order valence-corrected chi connectivity index (χ4v) is 6.45. The van der Waals surface area contributed by atoms with E-state index in [-0.39, 0.29) is 5.54 Å². The minimum atomic E-state index is -0.453. The van der Waals surface area contributed by atoms with Gasteiger partial charge < -0.3 is 20.1 Å². The summed E-state index contributed by atoms with van der Waals surface area (Å²) in [5.74, 6) is 0.191. The summed E-state index contributed by atoms with van der Waals surface area (Å²) in [5.41, 5.74) is 13.1. The van der Waals surface area contributed by atoms with Gasteiger partial charge in [-0.15, -0.1) is 0 Å². The van der Waals surface area contributed by atoms with Crippen LogP contribution in [0.15, 0.2) is 42.5 Å². The molecule has 0 bridgehead atoms. The van der Waals surface area contributed by atoms with Gasteiger partial charge in [-0.2, -0.15) is 0 Å². The van der Waals surface area contributed by atoms with Crippen LogP contribution in [-0.2, 0) is 11.2 Å². The Bertz CT molecular complexity index is 1470. The predicted molar refractivity (Wildman–Crippen MR) is 168 cm³/mol. The number of halogens is 1. The lowest BCUT2D eigenvalue weighted by molar-refractivity contribution is 0.0564. The molecule has 0 spiro atoms. The first-order valence-corrected chi connectivity index (χ1v) is 15.2. The molecular weight excluding hydrogens is 550 g/mol. The molecule has 1 aliphatic carbocycles. The Labute approximate surface area is 253 Å². The molecule has 1 aromatic heterocycles. The van der Waals surface area contributed by atoms with Gasteiger partial charge >= 0.3 is 0 Å². The molecule has 2 aliphatic heterocycles. The third-order valence-corrected chi connectivity index (χ3v) is 8.99. The molecule has 3 aliphatic rings. The average molecular weight is 590 g/mol. The minimum absolute atomic E-state index is 0.208. The largest absolute Gasteiger partial charge is 0.491 e. The smallest absolute Gasteiger partial charge is 0.249 e. The van der Waals surface area contributed by atoms with Crippen molar-refractivity contribution in [2.45, 2.75) is 32.7 Å². The van der Waals surface area contributed by atoms with Gasteiger partial charge in [0, 0.05) is 80.2 Å². The molecule has 3 aromatic rings. The van der Waals surface area contributed by atoms with Gasteiger partial charge in [0.05, 0.1) is 29.6 Å². The summed E-state index contributed by atoms with van der Waals surface area (Å²) in [6, 6.07) is 13.9. The molecule has 0 unspecified atom stereocenters. The van der Waals surface area contributed by atoms with Crippen LogP contribution in [0.25, 0.3) is 22.5 Å². The van der Waals surface area contributed by atoms with Crippen molar-refractivity contribution in [3.8, 4) is 28.3 Å². The second-order valence-electron chi connectivity index (χ2n) is 12.4. The van der Waals surface area contributed by atoms with Crippen molar-refractivity contribution in [3.05, 3.63) is 64.2 Å². The van der Waals surface area contributed by atoms with Gasteiger partial charge in [0.1, 0.15) is 12.4 Å². The van der Waals surface area contributed by atoms with E-state index >= 15 is 0 Å². The summed E-state index contributed by atoms with van der Waals surface area (Å²) in [6.45, 7) is 15.7. The Kier molecular flexibility index (Phi) is 8.16. The molecule has 2 fully saturated rings. The van der Waals surface area contributed by atoms with Gasteiger partial charge in [-0.25, -0.2) is 4.98 Å². The van der Waals surface area contributed by atoms with Crippen molar-refractivity contribution < 1.29 is 14.3 Å². The van der Waals surface area contributed by atoms with Crippen LogP contribution >= 0.6 is 11.6 Å². The SMILES string of the molecule is CC(C)(C)N1CCN(CCOc2ccc(-c3cc(C(N)=O)c4c(n3)-c3ccc(N5CCOCC5)cc3C4)cc2Cl)CC1. The van der Waals surface area contributed by atoms with Gasteiger partial charge in [0.2, 0.25) is 5.91 Å². The molecule has 3 heterocycles. The number of pyridine rings is 1. The lowest BCUT2D eigenvalue weighted by atomic mass is 10.0. The summed E-state index contributed by atoms with van der Waals surface area (Å²) in [5, 5.41) is 0.517. The number of rotatable bonds is 7. The summed E-state index contributed by atoms with van der Waals surface area (Å²) < 4.78 is 11.6. The Hall–Kier alpha value is -3.17. The van der Waals surface area contributed by atoms with E-state index in [2.05, 4.69) is 53.7 Å². The molecule has 2 saturated heterocycles. The van der Waals surface area contributed by atoms with Crippen molar-refractivity contribution in [1.82, 2.24) is 14.8 Å². The average Bonchev–Trinajstić information content (AvgIpc) is 3.35. The number of nitrogens with two attached hydrogens (primary N) is 1. The summed E-state index contributed by atoms with van der Waals surface area (Å²) in [6.07, 6.45) is 0.632. The Morgan fingerprint density at radius 3 is 2.48 bits per heavy atom. The molecular formula is C33H40ClN5O3. The fraction of sp³-hybridized carbons (Fsp3) is 0.455. The van der Waals surface area contributed by atoms with Crippen LogP contribution in [0.2, 0.25) is 5.02 Å². The van der Waals surface area contributed by atoms with E-state index in [1.807, 2.05) is 18.2 Å². The van der Waals surface area contributed by atoms with Gasteiger partial charge in [-0.3, -0.25) is 14.6 Å². The highest BCUT2D eigenvalue weighted by molar-refractivity contribution is 6.32. The maximum Gasteiger partial charge on any atom is 0.249 e. The normalized spacial score (nSPS) is 17.7. The van der Waals surface area contributed by atoms with Crippen LogP contribution in [0.1, 0.15) is 42.3 Å². The highest BCUT2D eigenvalue weighted by atomic mass is 35.5. The van der Waals surface area contributed by atoms with E-state index in [9.17, 15) is 4.79 Å². The number of hydrogen-bond acceptors (Lipinski definition) is 7. The van der Waals surface area contributed by atoms with E-state index in [1.165, 1.54) is 5.69 Å². The lowest BCUT2D eigenvalue weighted by Gasteiger charge is -2.42. The highest BCUT2D eigenvalue weighted by Gasteiger charge is 2.28. The zero-order valence-electron chi connectivity index (χ0n) is 24.8. The number of aromatic nitrogens is 1. The number of piperazine rings is 1. The fourth-order valence-electron chi connectivity index (χ4n) is 6.21. The van der Waals surface area contributed by atoms with Gasteiger partial charge in [-0.1, -0.05) is 17.7 Å². The summed E-state index contributed by atoms with van der Waals surface area (Å²) in [4.78, 5) is 24.9. The zero-order valence-corrected chi connectivity index (χ0v) is 25.5. The van der Waals surface area contributed by atoms with Crippen LogP contribution in [0.5, 0.6) is 5.75 Å². The minimum Gasteiger partial charge on any atom is -0.491 e. The third kappa shape index (κ3) is 5.99. The molecule has 6 rings (SSSR count). The molecule has 9 heteroatoms. The first-order chi connectivity index (χ1) is 20.2. The molecule has 0 radical (unpaired) electrons. The molecule has 0 atom stereocenters. The molecule has 8 nitrogen and oxygen atoms in total.